The number of nitrogens with zero attached hydrogens (tertiary/aromatic N) is 1. The highest BCUT2D eigenvalue weighted by atomic mass is 16.8. The predicted octanol–water partition coefficient (Wildman–Crippen LogP) is 0.716. The molecule has 0 unspecified atom stereocenters. The summed E-state index contributed by atoms with van der Waals surface area (Å²) in [5, 5.41) is 24.3. The molecule has 2 fully saturated rings. The van der Waals surface area contributed by atoms with Gasteiger partial charge in [-0.25, -0.2) is 0 Å². The summed E-state index contributed by atoms with van der Waals surface area (Å²) >= 11 is 0. The van der Waals surface area contributed by atoms with Gasteiger partial charge in [-0.3, -0.25) is 14.9 Å². The van der Waals surface area contributed by atoms with E-state index < -0.39 is 41.4 Å². The van der Waals surface area contributed by atoms with Crippen molar-refractivity contribution in [2.24, 2.45) is 0 Å². The third kappa shape index (κ3) is 4.35. The van der Waals surface area contributed by atoms with Crippen LogP contribution in [0.3, 0.4) is 0 Å². The molecule has 1 aromatic carbocycles. The molecular formula is C17H22N2O8. The molecule has 0 radical (unpaired) electrons. The molecular weight excluding hydrogens is 360 g/mol. The number of ether oxygens (including phenoxy) is 4. The number of amides is 1. The van der Waals surface area contributed by atoms with Gasteiger partial charge in [-0.15, -0.1) is 0 Å². The zero-order valence-corrected chi connectivity index (χ0v) is 15.2. The number of fused-ring (bicyclic) bond motifs is 1. The number of benzene rings is 1. The smallest absolute Gasteiger partial charge is 0.273 e. The van der Waals surface area contributed by atoms with E-state index in [1.165, 1.54) is 31.2 Å². The van der Waals surface area contributed by atoms with Gasteiger partial charge in [0.25, 0.3) is 5.69 Å². The van der Waals surface area contributed by atoms with Gasteiger partial charge >= 0.3 is 0 Å². The van der Waals surface area contributed by atoms with E-state index in [-0.39, 0.29) is 24.0 Å². The van der Waals surface area contributed by atoms with Gasteiger partial charge in [0.15, 0.2) is 5.79 Å². The molecule has 2 heterocycles. The molecule has 0 saturated carbocycles. The van der Waals surface area contributed by atoms with Crippen LogP contribution in [0.2, 0.25) is 0 Å². The quantitative estimate of drug-likeness (QED) is 0.575. The van der Waals surface area contributed by atoms with Crippen molar-refractivity contribution in [3.05, 3.63) is 34.4 Å². The van der Waals surface area contributed by atoms with Gasteiger partial charge in [0, 0.05) is 13.0 Å². The molecule has 0 aliphatic carbocycles. The molecule has 1 amide bonds. The number of nitro groups is 1. The highest BCUT2D eigenvalue weighted by Crippen LogP contribution is 2.33. The predicted molar refractivity (Wildman–Crippen MR) is 90.9 cm³/mol. The lowest BCUT2D eigenvalue weighted by Crippen LogP contribution is -2.69. The molecule has 0 bridgehead atoms. The fourth-order valence-electron chi connectivity index (χ4n) is 3.14. The van der Waals surface area contributed by atoms with E-state index in [0.717, 1.165) is 0 Å². The van der Waals surface area contributed by atoms with Crippen LogP contribution >= 0.6 is 0 Å². The first-order valence-electron chi connectivity index (χ1n) is 8.50. The molecule has 2 saturated heterocycles. The van der Waals surface area contributed by atoms with Crippen molar-refractivity contribution < 1.29 is 33.8 Å². The van der Waals surface area contributed by atoms with E-state index in [4.69, 9.17) is 18.9 Å². The molecule has 2 N–H and O–H groups in total. The first kappa shape index (κ1) is 19.5. The Kier molecular flexibility index (Phi) is 5.33. The number of aliphatic hydroxyl groups is 1. The fourth-order valence-corrected chi connectivity index (χ4v) is 3.14. The second-order valence-corrected chi connectivity index (χ2v) is 6.93. The van der Waals surface area contributed by atoms with E-state index in [2.05, 4.69) is 5.32 Å². The molecule has 5 atom stereocenters. The van der Waals surface area contributed by atoms with Gasteiger partial charge in [-0.05, 0) is 19.9 Å². The van der Waals surface area contributed by atoms with E-state index in [0.29, 0.717) is 0 Å². The number of rotatable bonds is 4. The van der Waals surface area contributed by atoms with Gasteiger partial charge < -0.3 is 29.4 Å². The number of hydrogen-bond donors (Lipinski definition) is 2. The average Bonchev–Trinajstić information content (AvgIpc) is 2.59. The van der Waals surface area contributed by atoms with Crippen molar-refractivity contribution in [3.8, 4) is 5.75 Å². The number of non-ortho nitro benzene ring substituents is 1. The Balaban J connectivity index is 1.83. The number of hydrogen-bond acceptors (Lipinski definition) is 8. The van der Waals surface area contributed by atoms with Crippen LogP contribution < -0.4 is 10.1 Å². The van der Waals surface area contributed by atoms with Crippen LogP contribution in [0.15, 0.2) is 24.3 Å². The number of aliphatic hydroxyl groups excluding tert-OH is 1. The van der Waals surface area contributed by atoms with Crippen molar-refractivity contribution in [2.45, 2.75) is 57.2 Å². The van der Waals surface area contributed by atoms with E-state index >= 15 is 0 Å². The minimum absolute atomic E-state index is 0.149. The Morgan fingerprint density at radius 1 is 1.44 bits per heavy atom. The Bertz CT molecular complexity index is 725. The largest absolute Gasteiger partial charge is 0.462 e. The van der Waals surface area contributed by atoms with Crippen molar-refractivity contribution >= 4 is 11.6 Å². The summed E-state index contributed by atoms with van der Waals surface area (Å²) in [5.74, 6) is -1.12. The minimum Gasteiger partial charge on any atom is -0.462 e. The minimum atomic E-state index is -1.13. The first-order chi connectivity index (χ1) is 12.7. The van der Waals surface area contributed by atoms with Gasteiger partial charge in [0.05, 0.1) is 17.6 Å². The first-order valence-corrected chi connectivity index (χ1v) is 8.50. The summed E-state index contributed by atoms with van der Waals surface area (Å²) in [6.07, 6.45) is -3.56. The fraction of sp³-hybridized carbons (Fsp3) is 0.588. The van der Waals surface area contributed by atoms with Gasteiger partial charge in [-0.1, -0.05) is 6.07 Å². The molecule has 2 aliphatic rings. The number of carbonyl (C=O) groups excluding carboxylic acids is 1. The average molecular weight is 382 g/mol. The summed E-state index contributed by atoms with van der Waals surface area (Å²) in [4.78, 5) is 22.0. The van der Waals surface area contributed by atoms with Gasteiger partial charge in [0.2, 0.25) is 12.2 Å². The number of carbonyl (C=O) groups is 1. The molecule has 1 aromatic rings. The Morgan fingerprint density at radius 2 is 2.19 bits per heavy atom. The van der Waals surface area contributed by atoms with Crippen LogP contribution in [0.1, 0.15) is 20.8 Å². The van der Waals surface area contributed by atoms with Crippen molar-refractivity contribution in [1.29, 1.82) is 0 Å². The lowest BCUT2D eigenvalue weighted by Gasteiger charge is -2.49. The van der Waals surface area contributed by atoms with Crippen LogP contribution in [-0.2, 0) is 19.0 Å². The Morgan fingerprint density at radius 3 is 2.85 bits per heavy atom. The SMILES string of the molecule is CC(=O)N[C@@H]1[C@H](Oc2cccc([N+](=O)[O-])c2)O[C@@H]2COC(C)(C)O[C@@H]2[C@@H]1O. The highest BCUT2D eigenvalue weighted by Gasteiger charge is 2.52. The lowest BCUT2D eigenvalue weighted by atomic mass is 9.95. The van der Waals surface area contributed by atoms with Crippen molar-refractivity contribution in [1.82, 2.24) is 5.32 Å². The maximum atomic E-state index is 11.6. The Labute approximate surface area is 155 Å². The topological polar surface area (TPSA) is 129 Å². The molecule has 27 heavy (non-hydrogen) atoms. The zero-order chi connectivity index (χ0) is 19.8. The third-order valence-electron chi connectivity index (χ3n) is 4.34. The monoisotopic (exact) mass is 382 g/mol. The summed E-state index contributed by atoms with van der Waals surface area (Å²) in [6, 6.07) is 4.63. The van der Waals surface area contributed by atoms with E-state index in [1.54, 1.807) is 13.8 Å². The van der Waals surface area contributed by atoms with Crippen molar-refractivity contribution in [3.63, 3.8) is 0 Å². The zero-order valence-electron chi connectivity index (χ0n) is 15.2. The van der Waals surface area contributed by atoms with Crippen LogP contribution in [-0.4, -0.2) is 59.0 Å². The van der Waals surface area contributed by atoms with E-state index in [9.17, 15) is 20.0 Å². The van der Waals surface area contributed by atoms with Crippen molar-refractivity contribution in [2.75, 3.05) is 6.61 Å². The van der Waals surface area contributed by atoms with Gasteiger partial charge in [-0.2, -0.15) is 0 Å². The second kappa shape index (κ2) is 7.39. The molecule has 3 rings (SSSR count). The lowest BCUT2D eigenvalue weighted by molar-refractivity contribution is -0.385. The number of nitrogens with one attached hydrogen (secondary N) is 1. The molecule has 10 heteroatoms. The number of nitro benzene ring substituents is 1. The standard InChI is InChI=1S/C17H22N2O8/c1-9(20)18-13-14(21)15-12(8-24-17(2,3)27-15)26-16(13)25-11-6-4-5-10(7-11)19(22)23/h4-7,12-16,21H,8H2,1-3H3,(H,18,20)/t12-,13+,14-,15+,16-/m1/s1. The van der Waals surface area contributed by atoms with Crippen LogP contribution in [0, 0.1) is 10.1 Å². The maximum absolute atomic E-state index is 11.6. The molecule has 2 aliphatic heterocycles. The van der Waals surface area contributed by atoms with E-state index in [1.807, 2.05) is 0 Å². The Hall–Kier alpha value is -2.27. The molecule has 0 aromatic heterocycles. The maximum Gasteiger partial charge on any atom is 0.273 e. The van der Waals surface area contributed by atoms with Gasteiger partial charge in [0.1, 0.15) is 30.1 Å². The molecule has 0 spiro atoms. The van der Waals surface area contributed by atoms with Crippen LogP contribution in [0.5, 0.6) is 5.75 Å². The molecule has 10 nitrogen and oxygen atoms in total. The summed E-state index contributed by atoms with van der Waals surface area (Å²) in [6.45, 7) is 4.90. The second-order valence-electron chi connectivity index (χ2n) is 6.93. The normalized spacial score (nSPS) is 32.2. The van der Waals surface area contributed by atoms with Crippen LogP contribution in [0.25, 0.3) is 0 Å². The van der Waals surface area contributed by atoms with Crippen LogP contribution in [0.4, 0.5) is 5.69 Å². The third-order valence-corrected chi connectivity index (χ3v) is 4.34. The molecule has 148 valence electrons. The summed E-state index contributed by atoms with van der Waals surface area (Å²) in [7, 11) is 0. The highest BCUT2D eigenvalue weighted by molar-refractivity contribution is 5.73. The summed E-state index contributed by atoms with van der Waals surface area (Å²) < 4.78 is 22.9. The summed E-state index contributed by atoms with van der Waals surface area (Å²) in [5.41, 5.74) is -0.149.